The lowest BCUT2D eigenvalue weighted by Crippen LogP contribution is -2.25. The third-order valence-electron chi connectivity index (χ3n) is 4.29. The molecule has 26 heavy (non-hydrogen) atoms. The number of carbonyl (C=O) groups excluding carboxylic acids is 1. The average Bonchev–Trinajstić information content (AvgIpc) is 3.51. The molecule has 0 aliphatic heterocycles. The predicted molar refractivity (Wildman–Crippen MR) is 102 cm³/mol. The molecule has 0 radical (unpaired) electrons. The molecular formula is C21H20N4O. The van der Waals surface area contributed by atoms with Crippen LogP contribution < -0.4 is 10.6 Å². The van der Waals surface area contributed by atoms with E-state index in [4.69, 9.17) is 0 Å². The summed E-state index contributed by atoms with van der Waals surface area (Å²) in [7, 11) is 0. The Bertz CT molecular complexity index is 889. The van der Waals surface area contributed by atoms with Crippen molar-refractivity contribution in [2.45, 2.75) is 25.4 Å². The van der Waals surface area contributed by atoms with Gasteiger partial charge in [-0.2, -0.15) is 0 Å². The van der Waals surface area contributed by atoms with E-state index in [1.165, 1.54) is 5.56 Å². The number of hydrogen-bond donors (Lipinski definition) is 2. The van der Waals surface area contributed by atoms with Crippen molar-refractivity contribution in [1.29, 1.82) is 0 Å². The first-order valence-corrected chi connectivity index (χ1v) is 8.80. The Morgan fingerprint density at radius 1 is 1.00 bits per heavy atom. The molecule has 1 aliphatic rings. The minimum absolute atomic E-state index is 0.0155. The maximum Gasteiger partial charge on any atom is 0.251 e. The molecule has 0 bridgehead atoms. The van der Waals surface area contributed by atoms with Gasteiger partial charge >= 0.3 is 0 Å². The third-order valence-corrected chi connectivity index (χ3v) is 4.29. The summed E-state index contributed by atoms with van der Waals surface area (Å²) in [5.41, 5.74) is 2.74. The Morgan fingerprint density at radius 3 is 2.50 bits per heavy atom. The zero-order chi connectivity index (χ0) is 17.8. The van der Waals surface area contributed by atoms with Crippen molar-refractivity contribution < 1.29 is 4.79 Å². The summed E-state index contributed by atoms with van der Waals surface area (Å²) in [6, 6.07) is 19.8. The number of rotatable bonds is 6. The lowest BCUT2D eigenvalue weighted by molar-refractivity contribution is 0.0951. The van der Waals surface area contributed by atoms with E-state index in [1.807, 2.05) is 48.5 Å². The zero-order valence-corrected chi connectivity index (χ0v) is 14.4. The van der Waals surface area contributed by atoms with Gasteiger partial charge in [0, 0.05) is 29.9 Å². The Kier molecular flexibility index (Phi) is 4.60. The molecule has 2 aromatic carbocycles. The minimum Gasteiger partial charge on any atom is -0.366 e. The largest absolute Gasteiger partial charge is 0.366 e. The molecule has 5 heteroatoms. The molecule has 130 valence electrons. The van der Waals surface area contributed by atoms with E-state index in [1.54, 1.807) is 6.20 Å². The summed E-state index contributed by atoms with van der Waals surface area (Å²) in [6.07, 6.45) is 3.91. The summed E-state index contributed by atoms with van der Waals surface area (Å²) in [5.74, 6) is 1.39. The number of nitrogens with one attached hydrogen (secondary N) is 2. The van der Waals surface area contributed by atoms with Crippen molar-refractivity contribution >= 4 is 11.7 Å². The van der Waals surface area contributed by atoms with Gasteiger partial charge in [-0.1, -0.05) is 42.5 Å². The van der Waals surface area contributed by atoms with Gasteiger partial charge in [0.05, 0.1) is 0 Å². The first-order chi connectivity index (χ1) is 12.8. The lowest BCUT2D eigenvalue weighted by Gasteiger charge is -2.08. The molecule has 1 saturated carbocycles. The molecule has 0 saturated heterocycles. The van der Waals surface area contributed by atoms with E-state index < -0.39 is 0 Å². The number of benzene rings is 2. The second-order valence-electron chi connectivity index (χ2n) is 6.43. The Labute approximate surface area is 152 Å². The highest BCUT2D eigenvalue weighted by molar-refractivity contribution is 5.94. The Balaban J connectivity index is 1.44. The van der Waals surface area contributed by atoms with Crippen molar-refractivity contribution in [3.05, 3.63) is 78.0 Å². The molecule has 1 aliphatic carbocycles. The van der Waals surface area contributed by atoms with Crippen molar-refractivity contribution in [2.75, 3.05) is 5.32 Å². The van der Waals surface area contributed by atoms with Crippen LogP contribution in [-0.2, 0) is 6.54 Å². The zero-order valence-electron chi connectivity index (χ0n) is 14.4. The van der Waals surface area contributed by atoms with E-state index >= 15 is 0 Å². The highest BCUT2D eigenvalue weighted by Gasteiger charge is 2.23. The van der Waals surface area contributed by atoms with E-state index in [-0.39, 0.29) is 5.91 Å². The molecule has 2 N–H and O–H groups in total. The van der Waals surface area contributed by atoms with Gasteiger partial charge in [-0.15, -0.1) is 0 Å². The number of hydrogen-bond acceptors (Lipinski definition) is 4. The van der Waals surface area contributed by atoms with Crippen LogP contribution in [0.15, 0.2) is 66.9 Å². The molecule has 0 atom stereocenters. The van der Waals surface area contributed by atoms with Crippen LogP contribution in [0.3, 0.4) is 0 Å². The van der Waals surface area contributed by atoms with Crippen LogP contribution in [0.2, 0.25) is 0 Å². The molecule has 1 fully saturated rings. The normalized spacial score (nSPS) is 13.2. The van der Waals surface area contributed by atoms with Crippen LogP contribution in [0.4, 0.5) is 5.82 Å². The molecular weight excluding hydrogens is 324 g/mol. The fourth-order valence-corrected chi connectivity index (χ4v) is 2.65. The first kappa shape index (κ1) is 16.3. The monoisotopic (exact) mass is 344 g/mol. The Morgan fingerprint density at radius 2 is 1.77 bits per heavy atom. The highest BCUT2D eigenvalue weighted by atomic mass is 16.1. The van der Waals surface area contributed by atoms with Crippen molar-refractivity contribution in [1.82, 2.24) is 15.3 Å². The maximum atomic E-state index is 12.1. The van der Waals surface area contributed by atoms with Gasteiger partial charge in [0.1, 0.15) is 5.82 Å². The van der Waals surface area contributed by atoms with Gasteiger partial charge in [-0.05, 0) is 36.6 Å². The lowest BCUT2D eigenvalue weighted by atomic mass is 10.1. The molecule has 1 amide bonds. The van der Waals surface area contributed by atoms with Crippen LogP contribution in [0.25, 0.3) is 11.4 Å². The van der Waals surface area contributed by atoms with Crippen molar-refractivity contribution in [2.24, 2.45) is 0 Å². The Hall–Kier alpha value is -3.21. The van der Waals surface area contributed by atoms with E-state index in [0.29, 0.717) is 24.0 Å². The van der Waals surface area contributed by atoms with Crippen LogP contribution >= 0.6 is 0 Å². The highest BCUT2D eigenvalue weighted by Crippen LogP contribution is 2.21. The number of anilines is 1. The maximum absolute atomic E-state index is 12.1. The second-order valence-corrected chi connectivity index (χ2v) is 6.43. The average molecular weight is 344 g/mol. The summed E-state index contributed by atoms with van der Waals surface area (Å²) >= 11 is 0. The van der Waals surface area contributed by atoms with Gasteiger partial charge in [0.15, 0.2) is 5.82 Å². The van der Waals surface area contributed by atoms with Crippen LogP contribution in [-0.4, -0.2) is 21.9 Å². The van der Waals surface area contributed by atoms with Crippen LogP contribution in [0.5, 0.6) is 0 Å². The molecule has 0 unspecified atom stereocenters. The second kappa shape index (κ2) is 7.35. The number of aromatic nitrogens is 2. The summed E-state index contributed by atoms with van der Waals surface area (Å²) < 4.78 is 0. The number of nitrogens with zero attached hydrogens (tertiary/aromatic N) is 2. The molecule has 1 aromatic heterocycles. The number of carbonyl (C=O) groups is 1. The van der Waals surface area contributed by atoms with Crippen molar-refractivity contribution in [3.63, 3.8) is 0 Å². The van der Waals surface area contributed by atoms with E-state index in [0.717, 1.165) is 24.2 Å². The number of amides is 1. The minimum atomic E-state index is -0.0155. The van der Waals surface area contributed by atoms with Gasteiger partial charge < -0.3 is 10.6 Å². The summed E-state index contributed by atoms with van der Waals surface area (Å²) in [6.45, 7) is 0.706. The van der Waals surface area contributed by atoms with Gasteiger partial charge in [0.25, 0.3) is 5.91 Å². The quantitative estimate of drug-likeness (QED) is 0.716. The van der Waals surface area contributed by atoms with Gasteiger partial charge in [-0.3, -0.25) is 4.79 Å². The van der Waals surface area contributed by atoms with Crippen LogP contribution in [0, 0.1) is 0 Å². The van der Waals surface area contributed by atoms with Gasteiger partial charge in [-0.25, -0.2) is 9.97 Å². The van der Waals surface area contributed by atoms with Crippen LogP contribution in [0.1, 0.15) is 28.8 Å². The standard InChI is InChI=1S/C21H20N4O/c26-21(24-18-10-11-18)17-8-6-16(7-9-17)20-22-13-12-19(25-20)23-14-15-4-2-1-3-5-15/h1-9,12-13,18H,10-11,14H2,(H,24,26)(H,22,23,25). The fraction of sp³-hybridized carbons (Fsp3) is 0.190. The van der Waals surface area contributed by atoms with Gasteiger partial charge in [0.2, 0.25) is 0 Å². The molecule has 3 aromatic rings. The van der Waals surface area contributed by atoms with E-state index in [2.05, 4.69) is 32.7 Å². The first-order valence-electron chi connectivity index (χ1n) is 8.80. The summed E-state index contributed by atoms with van der Waals surface area (Å²) in [4.78, 5) is 21.0. The molecule has 0 spiro atoms. The molecule has 4 rings (SSSR count). The fourth-order valence-electron chi connectivity index (χ4n) is 2.65. The summed E-state index contributed by atoms with van der Waals surface area (Å²) in [5, 5.41) is 6.30. The SMILES string of the molecule is O=C(NC1CC1)c1ccc(-c2nccc(NCc3ccccc3)n2)cc1. The third kappa shape index (κ3) is 4.06. The predicted octanol–water partition coefficient (Wildman–Crippen LogP) is 3.65. The topological polar surface area (TPSA) is 66.9 Å². The smallest absolute Gasteiger partial charge is 0.251 e. The van der Waals surface area contributed by atoms with Crippen molar-refractivity contribution in [3.8, 4) is 11.4 Å². The van der Waals surface area contributed by atoms with E-state index in [9.17, 15) is 4.79 Å². The molecule has 5 nitrogen and oxygen atoms in total. The molecule has 1 heterocycles.